The number of anilines is 2. The molecule has 2 atom stereocenters. The number of likely N-dealkylation sites (N-methyl/N-ethyl adjacent to an activating group) is 1. The molecule has 0 bridgehead atoms. The van der Waals surface area contributed by atoms with E-state index in [1.807, 2.05) is 40.0 Å². The smallest absolute Gasteiger partial charge is 0.282 e. The van der Waals surface area contributed by atoms with Crippen LogP contribution in [-0.4, -0.2) is 31.4 Å². The van der Waals surface area contributed by atoms with Gasteiger partial charge in [-0.05, 0) is 57.0 Å². The zero-order valence-electron chi connectivity index (χ0n) is 16.7. The van der Waals surface area contributed by atoms with Gasteiger partial charge >= 0.3 is 0 Å². The first kappa shape index (κ1) is 22.2. The maximum absolute atomic E-state index is 12.7. The molecule has 2 aromatic rings. The highest BCUT2D eigenvalue weighted by Gasteiger charge is 2.25. The van der Waals surface area contributed by atoms with Crippen LogP contribution in [0, 0.1) is 20.8 Å². The minimum atomic E-state index is -0.403. The van der Waals surface area contributed by atoms with Crippen molar-refractivity contribution in [3.63, 3.8) is 0 Å². The third-order valence-corrected chi connectivity index (χ3v) is 5.44. The second kappa shape index (κ2) is 9.41. The lowest BCUT2D eigenvalue weighted by Crippen LogP contribution is -3.14. The second-order valence-corrected chi connectivity index (χ2v) is 8.00. The summed E-state index contributed by atoms with van der Waals surface area (Å²) in [5.74, 6) is -0.340. The summed E-state index contributed by atoms with van der Waals surface area (Å²) in [5, 5.41) is 6.57. The van der Waals surface area contributed by atoms with Crippen LogP contribution in [0.3, 0.4) is 0 Å². The van der Waals surface area contributed by atoms with Crippen LogP contribution in [0.1, 0.15) is 23.6 Å². The van der Waals surface area contributed by atoms with E-state index in [2.05, 4.69) is 10.6 Å². The Hall–Kier alpha value is -2.08. The van der Waals surface area contributed by atoms with Crippen molar-refractivity contribution in [3.8, 4) is 0 Å². The number of benzene rings is 2. The number of quaternary nitrogens is 1. The predicted molar refractivity (Wildman–Crippen MR) is 116 cm³/mol. The Labute approximate surface area is 176 Å². The molecule has 2 aromatic carbocycles. The van der Waals surface area contributed by atoms with Crippen LogP contribution in [-0.2, 0) is 9.59 Å². The quantitative estimate of drug-likeness (QED) is 0.667. The van der Waals surface area contributed by atoms with E-state index in [1.54, 1.807) is 25.1 Å². The van der Waals surface area contributed by atoms with Crippen molar-refractivity contribution in [3.05, 3.63) is 57.1 Å². The van der Waals surface area contributed by atoms with Gasteiger partial charge in [-0.2, -0.15) is 0 Å². The molecular weight excluding hydrogens is 397 g/mol. The van der Waals surface area contributed by atoms with Gasteiger partial charge in [-0.15, -0.1) is 0 Å². The first-order chi connectivity index (χ1) is 13.1. The number of hydrogen-bond donors (Lipinski definition) is 3. The molecule has 0 spiro atoms. The summed E-state index contributed by atoms with van der Waals surface area (Å²) in [7, 11) is 1.81. The summed E-state index contributed by atoms with van der Waals surface area (Å²) >= 11 is 11.8. The molecule has 0 fully saturated rings. The van der Waals surface area contributed by atoms with Crippen LogP contribution in [0.4, 0.5) is 11.4 Å². The van der Waals surface area contributed by atoms with Crippen LogP contribution in [0.15, 0.2) is 30.3 Å². The number of carbonyl (C=O) groups is 2. The second-order valence-electron chi connectivity index (χ2n) is 7.18. The molecule has 0 saturated heterocycles. The van der Waals surface area contributed by atoms with Crippen LogP contribution >= 0.6 is 23.2 Å². The van der Waals surface area contributed by atoms with Crippen LogP contribution in [0.5, 0.6) is 0 Å². The van der Waals surface area contributed by atoms with Crippen molar-refractivity contribution in [2.24, 2.45) is 0 Å². The van der Waals surface area contributed by atoms with Crippen molar-refractivity contribution in [2.45, 2.75) is 33.7 Å². The molecule has 0 saturated carbocycles. The molecule has 0 radical (unpaired) electrons. The number of carbonyl (C=O) groups excluding carboxylic acids is 2. The maximum Gasteiger partial charge on any atom is 0.282 e. The summed E-state index contributed by atoms with van der Waals surface area (Å²) in [4.78, 5) is 25.8. The highest BCUT2D eigenvalue weighted by molar-refractivity contribution is 6.42. The fourth-order valence-corrected chi connectivity index (χ4v) is 3.32. The fraction of sp³-hybridized carbons (Fsp3) is 0.333. The van der Waals surface area contributed by atoms with Crippen LogP contribution in [0.25, 0.3) is 0 Å². The van der Waals surface area contributed by atoms with E-state index in [4.69, 9.17) is 23.2 Å². The largest absolute Gasteiger partial charge is 0.321 e. The fourth-order valence-electron chi connectivity index (χ4n) is 3.02. The Bertz CT molecular complexity index is 876. The van der Waals surface area contributed by atoms with Crippen molar-refractivity contribution < 1.29 is 14.5 Å². The zero-order valence-corrected chi connectivity index (χ0v) is 18.3. The van der Waals surface area contributed by atoms with E-state index in [9.17, 15) is 9.59 Å². The van der Waals surface area contributed by atoms with Gasteiger partial charge in [-0.1, -0.05) is 40.9 Å². The topological polar surface area (TPSA) is 62.6 Å². The lowest BCUT2D eigenvalue weighted by molar-refractivity contribution is -0.885. The predicted octanol–water partition coefficient (Wildman–Crippen LogP) is 3.40. The van der Waals surface area contributed by atoms with Gasteiger partial charge in [0.25, 0.3) is 11.8 Å². The highest BCUT2D eigenvalue weighted by Crippen LogP contribution is 2.25. The number of nitrogens with one attached hydrogen (secondary N) is 3. The van der Waals surface area contributed by atoms with Gasteiger partial charge in [0.15, 0.2) is 12.6 Å². The Balaban J connectivity index is 1.97. The van der Waals surface area contributed by atoms with Crippen molar-refractivity contribution in [2.75, 3.05) is 24.2 Å². The Kier molecular flexibility index (Phi) is 7.47. The Morgan fingerprint density at radius 2 is 1.61 bits per heavy atom. The molecule has 2 rings (SSSR count). The standard InChI is InChI=1S/C21H25Cl2N3O2/c1-12-8-13(2)20(14(3)9-12)25-21(28)15(4)26(5)11-19(27)24-16-6-7-17(22)18(23)10-16/h6-10,15H,11H2,1-5H3,(H,24,27)(H,25,28)/p+1/t15-/m0/s1. The number of aryl methyl sites for hydroxylation is 3. The van der Waals surface area contributed by atoms with Crippen molar-refractivity contribution in [1.29, 1.82) is 0 Å². The summed E-state index contributed by atoms with van der Waals surface area (Å²) in [6.45, 7) is 7.92. The molecule has 3 N–H and O–H groups in total. The first-order valence-corrected chi connectivity index (χ1v) is 9.80. The molecule has 28 heavy (non-hydrogen) atoms. The van der Waals surface area contributed by atoms with E-state index >= 15 is 0 Å². The van der Waals surface area contributed by atoms with Gasteiger partial charge in [0.05, 0.1) is 17.1 Å². The molecule has 0 heterocycles. The molecule has 5 nitrogen and oxygen atoms in total. The third kappa shape index (κ3) is 5.71. The molecule has 1 unspecified atom stereocenters. The Morgan fingerprint density at radius 3 is 2.18 bits per heavy atom. The van der Waals surface area contributed by atoms with Crippen molar-refractivity contribution >= 4 is 46.4 Å². The van der Waals surface area contributed by atoms with Gasteiger partial charge in [0, 0.05) is 11.4 Å². The first-order valence-electron chi connectivity index (χ1n) is 9.04. The SMILES string of the molecule is Cc1cc(C)c(NC(=O)[C@H](C)[NH+](C)CC(=O)Nc2ccc(Cl)c(Cl)c2)c(C)c1. The average Bonchev–Trinajstić information content (AvgIpc) is 2.60. The summed E-state index contributed by atoms with van der Waals surface area (Å²) in [6, 6.07) is 8.57. The van der Waals surface area contributed by atoms with Crippen LogP contribution in [0.2, 0.25) is 10.0 Å². The maximum atomic E-state index is 12.7. The monoisotopic (exact) mass is 422 g/mol. The molecule has 0 aliphatic heterocycles. The number of amides is 2. The number of hydrogen-bond acceptors (Lipinski definition) is 2. The molecule has 2 amide bonds. The normalized spacial score (nSPS) is 13.0. The number of halogens is 2. The van der Waals surface area contributed by atoms with E-state index in [1.165, 1.54) is 0 Å². The minimum Gasteiger partial charge on any atom is -0.321 e. The Morgan fingerprint density at radius 1 is 1.00 bits per heavy atom. The molecule has 0 aliphatic rings. The van der Waals surface area contributed by atoms with Crippen molar-refractivity contribution in [1.82, 2.24) is 0 Å². The molecule has 150 valence electrons. The lowest BCUT2D eigenvalue weighted by atomic mass is 10.0. The summed E-state index contributed by atoms with van der Waals surface area (Å²) in [6.07, 6.45) is 0. The van der Waals surface area contributed by atoms with E-state index in [0.717, 1.165) is 27.3 Å². The van der Waals surface area contributed by atoms with Gasteiger partial charge in [-0.3, -0.25) is 9.59 Å². The molecule has 0 aromatic heterocycles. The van der Waals surface area contributed by atoms with Gasteiger partial charge in [-0.25, -0.2) is 0 Å². The molecular formula is C21H26Cl2N3O2+. The van der Waals surface area contributed by atoms with Gasteiger partial charge in [0.1, 0.15) is 0 Å². The highest BCUT2D eigenvalue weighted by atomic mass is 35.5. The zero-order chi connectivity index (χ0) is 21.0. The lowest BCUT2D eigenvalue weighted by Gasteiger charge is -2.22. The van der Waals surface area contributed by atoms with Gasteiger partial charge in [0.2, 0.25) is 0 Å². The van der Waals surface area contributed by atoms with Crippen LogP contribution < -0.4 is 15.5 Å². The molecule has 0 aliphatic carbocycles. The minimum absolute atomic E-state index is 0.130. The third-order valence-electron chi connectivity index (χ3n) is 4.70. The molecule has 7 heteroatoms. The van der Waals surface area contributed by atoms with Gasteiger partial charge < -0.3 is 15.5 Å². The van der Waals surface area contributed by atoms with E-state index in [-0.39, 0.29) is 18.4 Å². The average molecular weight is 423 g/mol. The van der Waals surface area contributed by atoms with E-state index in [0.29, 0.717) is 15.7 Å². The summed E-state index contributed by atoms with van der Waals surface area (Å²) in [5.41, 5.74) is 4.59. The summed E-state index contributed by atoms with van der Waals surface area (Å²) < 4.78 is 0. The van der Waals surface area contributed by atoms with E-state index < -0.39 is 6.04 Å². The number of rotatable bonds is 6.